The number of H-pyrrole nitrogens is 1. The van der Waals surface area contributed by atoms with Crippen molar-refractivity contribution in [1.82, 2.24) is 19.4 Å². The molecule has 17 heteroatoms. The van der Waals surface area contributed by atoms with E-state index >= 15 is 0 Å². The van der Waals surface area contributed by atoms with Gasteiger partial charge in [0.25, 0.3) is 5.56 Å². The van der Waals surface area contributed by atoms with Crippen molar-refractivity contribution in [2.45, 2.75) is 37.3 Å². The summed E-state index contributed by atoms with van der Waals surface area (Å²) >= 11 is 12.4. The molecular weight excluding hydrogens is 637 g/mol. The molecule has 0 saturated carbocycles. The standard InChI is InChI=1S/C25H24Cl2F6N4O4S/c1-2-42(40,41)19-4-3-15(26)9-14(19)11-37-22(38)16-10-18(25(31,32)33)17(20(27)21(16)34-23(37)39)12-35-5-7-36(8-6-35)13-24(28,29)30/h3-4,9-10H,2,5-8,11-13H2,1H3,(H,34,39). The molecule has 0 unspecified atom stereocenters. The van der Waals surface area contributed by atoms with E-state index in [0.717, 1.165) is 4.90 Å². The predicted octanol–water partition coefficient (Wildman–Crippen LogP) is 4.54. The maximum Gasteiger partial charge on any atom is 0.416 e. The average Bonchev–Trinajstić information content (AvgIpc) is 2.88. The predicted molar refractivity (Wildman–Crippen MR) is 145 cm³/mol. The number of nitrogens with zero attached hydrogens (tertiary/aromatic N) is 3. The van der Waals surface area contributed by atoms with Crippen molar-refractivity contribution in [3.63, 3.8) is 0 Å². The molecule has 1 saturated heterocycles. The van der Waals surface area contributed by atoms with Gasteiger partial charge in [0, 0.05) is 37.7 Å². The number of fused-ring (bicyclic) bond motifs is 1. The van der Waals surface area contributed by atoms with Gasteiger partial charge in [0.1, 0.15) is 0 Å². The molecule has 8 nitrogen and oxygen atoms in total. The maximum absolute atomic E-state index is 14.2. The van der Waals surface area contributed by atoms with Gasteiger partial charge in [-0.1, -0.05) is 30.1 Å². The van der Waals surface area contributed by atoms with Gasteiger partial charge in [-0.3, -0.25) is 19.2 Å². The fraction of sp³-hybridized carbons (Fsp3) is 0.440. The molecule has 0 bridgehead atoms. The minimum absolute atomic E-state index is 0.0141. The Bertz CT molecular complexity index is 1730. The van der Waals surface area contributed by atoms with Gasteiger partial charge in [0.05, 0.1) is 45.2 Å². The zero-order valence-electron chi connectivity index (χ0n) is 21.9. The van der Waals surface area contributed by atoms with E-state index in [2.05, 4.69) is 4.98 Å². The summed E-state index contributed by atoms with van der Waals surface area (Å²) in [5, 5.41) is -0.986. The van der Waals surface area contributed by atoms with E-state index in [1.807, 2.05) is 0 Å². The highest BCUT2D eigenvalue weighted by Gasteiger charge is 2.37. The second-order valence-corrected chi connectivity index (χ2v) is 12.8. The zero-order valence-corrected chi connectivity index (χ0v) is 24.2. The third-order valence-electron chi connectivity index (χ3n) is 6.94. The summed E-state index contributed by atoms with van der Waals surface area (Å²) in [6, 6.07) is 4.33. The van der Waals surface area contributed by atoms with Crippen molar-refractivity contribution in [3.8, 4) is 0 Å². The van der Waals surface area contributed by atoms with Gasteiger partial charge in [-0.05, 0) is 35.4 Å². The number of benzene rings is 2. The number of halogens is 8. The van der Waals surface area contributed by atoms with Crippen LogP contribution in [0, 0.1) is 0 Å². The Labute approximate surface area is 245 Å². The molecule has 2 aromatic carbocycles. The smallest absolute Gasteiger partial charge is 0.305 e. The first-order chi connectivity index (χ1) is 19.4. The molecule has 0 spiro atoms. The van der Waals surface area contributed by atoms with Crippen LogP contribution in [-0.4, -0.2) is 72.4 Å². The first kappa shape index (κ1) is 32.3. The summed E-state index contributed by atoms with van der Waals surface area (Å²) in [6.45, 7) is -0.758. The fourth-order valence-corrected chi connectivity index (χ4v) is 6.44. The Morgan fingerprint density at radius 1 is 0.929 bits per heavy atom. The first-order valence-corrected chi connectivity index (χ1v) is 14.9. The lowest BCUT2D eigenvalue weighted by molar-refractivity contribution is -0.149. The number of sulfone groups is 1. The van der Waals surface area contributed by atoms with Crippen LogP contribution in [0.15, 0.2) is 38.8 Å². The molecule has 2 heterocycles. The molecule has 42 heavy (non-hydrogen) atoms. The Balaban J connectivity index is 1.77. The Hall–Kier alpha value is -2.59. The van der Waals surface area contributed by atoms with Crippen molar-refractivity contribution in [2.24, 2.45) is 0 Å². The number of alkyl halides is 6. The van der Waals surface area contributed by atoms with Gasteiger partial charge in [0.15, 0.2) is 9.84 Å². The number of hydrogen-bond donors (Lipinski definition) is 1. The molecule has 0 aliphatic carbocycles. The monoisotopic (exact) mass is 660 g/mol. The summed E-state index contributed by atoms with van der Waals surface area (Å²) in [5.74, 6) is -0.296. The molecular formula is C25H24Cl2F6N4O4S. The van der Waals surface area contributed by atoms with Gasteiger partial charge in [0.2, 0.25) is 0 Å². The number of piperazine rings is 1. The van der Waals surface area contributed by atoms with Gasteiger partial charge < -0.3 is 4.98 Å². The summed E-state index contributed by atoms with van der Waals surface area (Å²) < 4.78 is 106. The highest BCUT2D eigenvalue weighted by atomic mass is 35.5. The lowest BCUT2D eigenvalue weighted by Gasteiger charge is -2.35. The van der Waals surface area contributed by atoms with Crippen molar-refractivity contribution >= 4 is 43.9 Å². The molecule has 1 aliphatic rings. The van der Waals surface area contributed by atoms with Gasteiger partial charge >= 0.3 is 18.0 Å². The van der Waals surface area contributed by atoms with Crippen molar-refractivity contribution in [1.29, 1.82) is 0 Å². The quantitative estimate of drug-likeness (QED) is 0.374. The van der Waals surface area contributed by atoms with E-state index in [0.29, 0.717) is 10.6 Å². The van der Waals surface area contributed by atoms with Gasteiger partial charge in [-0.2, -0.15) is 26.3 Å². The van der Waals surface area contributed by atoms with E-state index in [-0.39, 0.29) is 52.9 Å². The van der Waals surface area contributed by atoms with Crippen LogP contribution in [0.4, 0.5) is 26.3 Å². The molecule has 1 N–H and O–H groups in total. The number of aromatic nitrogens is 2. The summed E-state index contributed by atoms with van der Waals surface area (Å²) in [4.78, 5) is 31.2. The molecule has 3 aromatic rings. The Morgan fingerprint density at radius 3 is 2.12 bits per heavy atom. The normalized spacial score (nSPS) is 15.9. The van der Waals surface area contributed by atoms with Crippen molar-refractivity contribution in [2.75, 3.05) is 38.5 Å². The SMILES string of the molecule is CCS(=O)(=O)c1ccc(Cl)cc1Cn1c(=O)[nH]c2c(Cl)c(CN3CCN(CC(F)(F)F)CC3)c(C(F)(F)F)cc2c1=O. The highest BCUT2D eigenvalue weighted by Crippen LogP contribution is 2.39. The van der Waals surface area contributed by atoms with Crippen LogP contribution < -0.4 is 11.2 Å². The van der Waals surface area contributed by atoms with Crippen molar-refractivity contribution < 1.29 is 34.8 Å². The second kappa shape index (κ2) is 11.8. The summed E-state index contributed by atoms with van der Waals surface area (Å²) in [5.41, 5.74) is -4.26. The van der Waals surface area contributed by atoms with Crippen LogP contribution in [0.25, 0.3) is 10.9 Å². The van der Waals surface area contributed by atoms with E-state index in [4.69, 9.17) is 23.2 Å². The van der Waals surface area contributed by atoms with E-state index < -0.39 is 74.6 Å². The zero-order chi connectivity index (χ0) is 31.2. The molecule has 1 fully saturated rings. The topological polar surface area (TPSA) is 95.5 Å². The largest absolute Gasteiger partial charge is 0.416 e. The van der Waals surface area contributed by atoms with Gasteiger partial charge in [-0.25, -0.2) is 13.2 Å². The molecule has 0 radical (unpaired) electrons. The van der Waals surface area contributed by atoms with Crippen LogP contribution in [0.1, 0.15) is 23.6 Å². The van der Waals surface area contributed by atoms with E-state index in [9.17, 15) is 44.3 Å². The minimum atomic E-state index is -4.98. The average molecular weight is 661 g/mol. The van der Waals surface area contributed by atoms with Gasteiger partial charge in [-0.15, -0.1) is 0 Å². The van der Waals surface area contributed by atoms with Crippen molar-refractivity contribution in [3.05, 3.63) is 71.8 Å². The fourth-order valence-electron chi connectivity index (χ4n) is 4.83. The molecule has 4 rings (SSSR count). The first-order valence-electron chi connectivity index (χ1n) is 12.5. The highest BCUT2D eigenvalue weighted by molar-refractivity contribution is 7.91. The van der Waals surface area contributed by atoms with Crippen LogP contribution >= 0.6 is 23.2 Å². The molecule has 1 aliphatic heterocycles. The van der Waals surface area contributed by atoms with E-state index in [1.54, 1.807) is 0 Å². The molecule has 1 aromatic heterocycles. The lowest BCUT2D eigenvalue weighted by Crippen LogP contribution is -2.48. The third-order valence-corrected chi connectivity index (χ3v) is 9.42. The van der Waals surface area contributed by atoms with E-state index in [1.165, 1.54) is 30.0 Å². The molecule has 230 valence electrons. The number of rotatable bonds is 7. The summed E-state index contributed by atoms with van der Waals surface area (Å²) in [7, 11) is -3.82. The number of aromatic amines is 1. The second-order valence-electron chi connectivity index (χ2n) is 9.78. The maximum atomic E-state index is 14.2. The van der Waals surface area contributed by atoms with Crippen LogP contribution in [0.3, 0.4) is 0 Å². The van der Waals surface area contributed by atoms with Crippen LogP contribution in [0.5, 0.6) is 0 Å². The number of hydrogen-bond acceptors (Lipinski definition) is 6. The lowest BCUT2D eigenvalue weighted by atomic mass is 10.0. The van der Waals surface area contributed by atoms with Crippen LogP contribution in [0.2, 0.25) is 10.0 Å². The Morgan fingerprint density at radius 2 is 1.55 bits per heavy atom. The minimum Gasteiger partial charge on any atom is -0.305 e. The summed E-state index contributed by atoms with van der Waals surface area (Å²) in [6.07, 6.45) is -9.39. The van der Waals surface area contributed by atoms with Crippen LogP contribution in [-0.2, 0) is 29.1 Å². The number of nitrogens with one attached hydrogen (secondary N) is 1. The molecule has 0 atom stereocenters. The Kier molecular flexibility index (Phi) is 9.11. The third kappa shape index (κ3) is 6.96. The molecule has 0 amide bonds.